The van der Waals surface area contributed by atoms with Crippen molar-refractivity contribution < 1.29 is 28.4 Å². The van der Waals surface area contributed by atoms with Crippen LogP contribution in [0.3, 0.4) is 0 Å². The first-order valence-corrected chi connectivity index (χ1v) is 10.9. The zero-order valence-electron chi connectivity index (χ0n) is 18.7. The molecule has 0 unspecified atom stereocenters. The Bertz CT molecular complexity index is 736. The summed E-state index contributed by atoms with van der Waals surface area (Å²) in [5.74, 6) is -0.524. The number of benzene rings is 1. The van der Waals surface area contributed by atoms with E-state index in [1.165, 1.54) is 0 Å². The van der Waals surface area contributed by atoms with E-state index in [-0.39, 0.29) is 36.7 Å². The number of hydrogen-bond donors (Lipinski definition) is 0. The monoisotopic (exact) mass is 416 g/mol. The zero-order valence-corrected chi connectivity index (χ0v) is 18.7. The molecule has 0 atom stereocenters. The molecule has 164 valence electrons. The molecule has 30 heavy (non-hydrogen) atoms. The molecule has 2 aliphatic rings. The Morgan fingerprint density at radius 2 is 1.57 bits per heavy atom. The van der Waals surface area contributed by atoms with E-state index >= 15 is 0 Å². The molecule has 0 bridgehead atoms. The molecule has 0 amide bonds. The molecular weight excluding hydrogens is 383 g/mol. The molecule has 0 N–H and O–H groups in total. The van der Waals surface area contributed by atoms with E-state index in [4.69, 9.17) is 18.8 Å². The maximum Gasteiger partial charge on any atom is 0.461 e. The highest BCUT2D eigenvalue weighted by molar-refractivity contribution is 6.47. The van der Waals surface area contributed by atoms with Gasteiger partial charge in [0.25, 0.3) is 0 Å². The summed E-state index contributed by atoms with van der Waals surface area (Å²) in [6.07, 6.45) is 2.64. The van der Waals surface area contributed by atoms with Gasteiger partial charge in [-0.2, -0.15) is 0 Å². The lowest BCUT2D eigenvalue weighted by atomic mass is 9.59. The minimum absolute atomic E-state index is 0.0235. The number of carbonyl (C=O) groups excluding carboxylic acids is 2. The molecule has 1 aliphatic carbocycles. The van der Waals surface area contributed by atoms with Gasteiger partial charge >= 0.3 is 19.1 Å². The molecule has 7 heteroatoms. The second-order valence-corrected chi connectivity index (χ2v) is 9.41. The molecule has 1 aromatic carbocycles. The van der Waals surface area contributed by atoms with Gasteiger partial charge in [-0.15, -0.1) is 0 Å². The number of ether oxygens (including phenoxy) is 2. The van der Waals surface area contributed by atoms with Crippen LogP contribution in [0.25, 0.3) is 0 Å². The highest BCUT2D eigenvalue weighted by Crippen LogP contribution is 2.48. The number of esters is 2. The lowest BCUT2D eigenvalue weighted by Gasteiger charge is -2.38. The molecule has 1 saturated heterocycles. The molecule has 1 saturated carbocycles. The third kappa shape index (κ3) is 4.57. The number of hydrogen-bond acceptors (Lipinski definition) is 6. The Morgan fingerprint density at radius 3 is 2.10 bits per heavy atom. The van der Waals surface area contributed by atoms with Crippen molar-refractivity contribution in [3.63, 3.8) is 0 Å². The highest BCUT2D eigenvalue weighted by Gasteiger charge is 2.55. The number of rotatable bonds is 6. The van der Waals surface area contributed by atoms with Crippen molar-refractivity contribution in [2.45, 2.75) is 77.3 Å². The largest absolute Gasteiger partial charge is 0.465 e. The van der Waals surface area contributed by atoms with E-state index in [0.29, 0.717) is 25.0 Å². The summed E-state index contributed by atoms with van der Waals surface area (Å²) in [6, 6.07) is 8.82. The van der Waals surface area contributed by atoms with Crippen LogP contribution >= 0.6 is 0 Å². The minimum atomic E-state index is -0.819. The molecule has 6 nitrogen and oxygen atoms in total. The van der Waals surface area contributed by atoms with Gasteiger partial charge in [-0.3, -0.25) is 4.79 Å². The van der Waals surface area contributed by atoms with Gasteiger partial charge in [0.15, 0.2) is 0 Å². The quantitative estimate of drug-likeness (QED) is 0.505. The van der Waals surface area contributed by atoms with E-state index in [0.717, 1.165) is 12.8 Å². The van der Waals surface area contributed by atoms with E-state index in [2.05, 4.69) is 0 Å². The summed E-state index contributed by atoms with van der Waals surface area (Å²) >= 11 is 0. The van der Waals surface area contributed by atoms with Crippen molar-refractivity contribution in [2.24, 2.45) is 5.41 Å². The van der Waals surface area contributed by atoms with Crippen molar-refractivity contribution in [1.29, 1.82) is 0 Å². The second kappa shape index (κ2) is 8.71. The van der Waals surface area contributed by atoms with E-state index < -0.39 is 11.4 Å². The van der Waals surface area contributed by atoms with Crippen molar-refractivity contribution in [3.8, 4) is 0 Å². The first-order chi connectivity index (χ1) is 14.1. The summed E-state index contributed by atoms with van der Waals surface area (Å²) in [5.41, 5.74) is -1.10. The minimum Gasteiger partial charge on any atom is -0.465 e. The summed E-state index contributed by atoms with van der Waals surface area (Å²) in [5, 5.41) is 0. The van der Waals surface area contributed by atoms with Crippen LogP contribution in [-0.4, -0.2) is 43.5 Å². The molecule has 1 aromatic rings. The van der Waals surface area contributed by atoms with Gasteiger partial charge in [-0.05, 0) is 65.4 Å². The van der Waals surface area contributed by atoms with E-state index in [1.807, 2.05) is 33.8 Å². The van der Waals surface area contributed by atoms with Crippen molar-refractivity contribution in [3.05, 3.63) is 35.9 Å². The van der Waals surface area contributed by atoms with Crippen LogP contribution in [0.5, 0.6) is 0 Å². The van der Waals surface area contributed by atoms with Gasteiger partial charge in [-0.25, -0.2) is 4.79 Å². The smallest absolute Gasteiger partial charge is 0.461 e. The van der Waals surface area contributed by atoms with Gasteiger partial charge in [-0.1, -0.05) is 31.0 Å². The van der Waals surface area contributed by atoms with Crippen LogP contribution in [-0.2, 0) is 23.6 Å². The number of carbonyl (C=O) groups is 2. The molecule has 0 radical (unpaired) electrons. The normalized spacial score (nSPS) is 27.5. The average Bonchev–Trinajstić information content (AvgIpc) is 2.94. The molecule has 1 aliphatic heterocycles. The summed E-state index contributed by atoms with van der Waals surface area (Å²) < 4.78 is 23.3. The average molecular weight is 416 g/mol. The Kier molecular flexibility index (Phi) is 6.63. The predicted molar refractivity (Wildman–Crippen MR) is 114 cm³/mol. The Balaban J connectivity index is 1.66. The van der Waals surface area contributed by atoms with Gasteiger partial charge < -0.3 is 18.8 Å². The fraction of sp³-hybridized carbons (Fsp3) is 0.652. The van der Waals surface area contributed by atoms with Crippen LogP contribution in [0, 0.1) is 5.41 Å². The molecule has 3 rings (SSSR count). The SMILES string of the molecule is CCOC(=O)C1(COC(=O)c2ccccc2)CCC(B2OC(C)(C)C(C)(C)O2)CC1. The van der Waals surface area contributed by atoms with Crippen LogP contribution in [0.15, 0.2) is 30.3 Å². The van der Waals surface area contributed by atoms with Gasteiger partial charge in [0.2, 0.25) is 0 Å². The van der Waals surface area contributed by atoms with Crippen molar-refractivity contribution >= 4 is 19.1 Å². The standard InChI is InChI=1S/C23H33BO6/c1-6-27-20(26)23(16-28-19(25)17-10-8-7-9-11-17)14-12-18(13-15-23)24-29-21(2,3)22(4,5)30-24/h7-11,18H,6,12-16H2,1-5H3. The van der Waals surface area contributed by atoms with Gasteiger partial charge in [0.05, 0.1) is 23.4 Å². The fourth-order valence-corrected chi connectivity index (χ4v) is 4.10. The summed E-state index contributed by atoms with van der Waals surface area (Å²) in [6.45, 7) is 10.3. The second-order valence-electron chi connectivity index (χ2n) is 9.41. The maximum absolute atomic E-state index is 12.8. The van der Waals surface area contributed by atoms with E-state index in [9.17, 15) is 9.59 Å². The third-order valence-electron chi connectivity index (χ3n) is 6.84. The first-order valence-electron chi connectivity index (χ1n) is 10.9. The van der Waals surface area contributed by atoms with Gasteiger partial charge in [0.1, 0.15) is 12.0 Å². The Labute approximate surface area is 179 Å². The van der Waals surface area contributed by atoms with Crippen LogP contribution in [0.2, 0.25) is 5.82 Å². The molecular formula is C23H33BO6. The molecule has 0 spiro atoms. The lowest BCUT2D eigenvalue weighted by Crippen LogP contribution is -2.43. The van der Waals surface area contributed by atoms with Crippen molar-refractivity contribution in [1.82, 2.24) is 0 Å². The van der Waals surface area contributed by atoms with Crippen LogP contribution in [0.4, 0.5) is 0 Å². The van der Waals surface area contributed by atoms with Crippen LogP contribution < -0.4 is 0 Å². The lowest BCUT2D eigenvalue weighted by molar-refractivity contribution is -0.160. The predicted octanol–water partition coefficient (Wildman–Crippen LogP) is 4.43. The van der Waals surface area contributed by atoms with E-state index in [1.54, 1.807) is 31.2 Å². The summed E-state index contributed by atoms with van der Waals surface area (Å²) in [7, 11) is -0.290. The molecule has 2 fully saturated rings. The fourth-order valence-electron chi connectivity index (χ4n) is 4.10. The van der Waals surface area contributed by atoms with Crippen LogP contribution in [0.1, 0.15) is 70.7 Å². The highest BCUT2D eigenvalue weighted by atomic mass is 16.7. The zero-order chi connectivity index (χ0) is 22.0. The summed E-state index contributed by atoms with van der Waals surface area (Å²) in [4.78, 5) is 25.2. The third-order valence-corrected chi connectivity index (χ3v) is 6.84. The molecule has 1 heterocycles. The topological polar surface area (TPSA) is 71.1 Å². The Morgan fingerprint density at radius 1 is 1.00 bits per heavy atom. The molecule has 0 aromatic heterocycles. The van der Waals surface area contributed by atoms with Gasteiger partial charge in [0, 0.05) is 0 Å². The van der Waals surface area contributed by atoms with Crippen molar-refractivity contribution in [2.75, 3.05) is 13.2 Å². The Hall–Kier alpha value is -1.86. The first kappa shape index (κ1) is 22.8. The maximum atomic E-state index is 12.8.